The second kappa shape index (κ2) is 7.62. The number of amides is 1. The van der Waals surface area contributed by atoms with Crippen molar-refractivity contribution in [3.8, 4) is 11.5 Å². The van der Waals surface area contributed by atoms with Crippen LogP contribution in [0.15, 0.2) is 12.1 Å². The SMILES string of the molecule is COc1cc2c(cc1OC)CN(C(=O)C1(CN)CCCC1)CC2.Cl. The molecule has 0 bridgehead atoms. The number of benzene rings is 1. The van der Waals surface area contributed by atoms with Gasteiger partial charge < -0.3 is 20.1 Å². The minimum Gasteiger partial charge on any atom is -0.493 e. The fraction of sp³-hybridized carbons (Fsp3) is 0.611. The first kappa shape index (κ1) is 18.9. The van der Waals surface area contributed by atoms with Gasteiger partial charge in [0.15, 0.2) is 11.5 Å². The van der Waals surface area contributed by atoms with Gasteiger partial charge in [-0.2, -0.15) is 0 Å². The van der Waals surface area contributed by atoms with Crippen molar-refractivity contribution in [2.24, 2.45) is 11.1 Å². The van der Waals surface area contributed by atoms with Gasteiger partial charge in [0.05, 0.1) is 19.6 Å². The molecule has 1 fully saturated rings. The van der Waals surface area contributed by atoms with Crippen molar-refractivity contribution in [2.75, 3.05) is 27.3 Å². The van der Waals surface area contributed by atoms with E-state index >= 15 is 0 Å². The van der Waals surface area contributed by atoms with E-state index in [0.29, 0.717) is 13.1 Å². The number of nitrogens with two attached hydrogens (primary N) is 1. The molecule has 1 aliphatic heterocycles. The highest BCUT2D eigenvalue weighted by Crippen LogP contribution is 2.40. The molecule has 6 heteroatoms. The van der Waals surface area contributed by atoms with E-state index < -0.39 is 0 Å². The average molecular weight is 355 g/mol. The van der Waals surface area contributed by atoms with Crippen LogP contribution in [-0.4, -0.2) is 38.1 Å². The molecule has 1 aromatic carbocycles. The maximum Gasteiger partial charge on any atom is 0.230 e. The Morgan fingerprint density at radius 3 is 2.29 bits per heavy atom. The average Bonchev–Trinajstić information content (AvgIpc) is 3.09. The van der Waals surface area contributed by atoms with Crippen LogP contribution in [0, 0.1) is 5.41 Å². The number of ether oxygens (including phenoxy) is 2. The van der Waals surface area contributed by atoms with Gasteiger partial charge in [0.2, 0.25) is 5.91 Å². The Bertz CT molecular complexity index is 600. The van der Waals surface area contributed by atoms with Crippen LogP contribution in [0.25, 0.3) is 0 Å². The highest BCUT2D eigenvalue weighted by atomic mass is 35.5. The number of fused-ring (bicyclic) bond motifs is 1. The van der Waals surface area contributed by atoms with Crippen molar-refractivity contribution in [3.05, 3.63) is 23.3 Å². The third-order valence-electron chi connectivity index (χ3n) is 5.41. The summed E-state index contributed by atoms with van der Waals surface area (Å²) in [6.07, 6.45) is 4.92. The summed E-state index contributed by atoms with van der Waals surface area (Å²) < 4.78 is 10.8. The number of hydrogen-bond donors (Lipinski definition) is 1. The maximum atomic E-state index is 13.0. The number of rotatable bonds is 4. The van der Waals surface area contributed by atoms with Crippen LogP contribution in [0.2, 0.25) is 0 Å². The van der Waals surface area contributed by atoms with Crippen LogP contribution in [0.1, 0.15) is 36.8 Å². The molecule has 1 aromatic rings. The molecule has 1 aliphatic carbocycles. The number of carbonyl (C=O) groups is 1. The zero-order chi connectivity index (χ0) is 16.4. The molecular weight excluding hydrogens is 328 g/mol. The van der Waals surface area contributed by atoms with Gasteiger partial charge in [-0.3, -0.25) is 4.79 Å². The summed E-state index contributed by atoms with van der Waals surface area (Å²) in [6, 6.07) is 4.03. The summed E-state index contributed by atoms with van der Waals surface area (Å²) >= 11 is 0. The largest absolute Gasteiger partial charge is 0.493 e. The lowest BCUT2D eigenvalue weighted by atomic mass is 9.83. The van der Waals surface area contributed by atoms with Crippen LogP contribution in [0.5, 0.6) is 11.5 Å². The summed E-state index contributed by atoms with van der Waals surface area (Å²) in [4.78, 5) is 15.0. The van der Waals surface area contributed by atoms with E-state index in [1.807, 2.05) is 17.0 Å². The van der Waals surface area contributed by atoms with Crippen molar-refractivity contribution < 1.29 is 14.3 Å². The number of methoxy groups -OCH3 is 2. The van der Waals surface area contributed by atoms with E-state index in [1.54, 1.807) is 14.2 Å². The smallest absolute Gasteiger partial charge is 0.230 e. The summed E-state index contributed by atoms with van der Waals surface area (Å²) in [7, 11) is 3.28. The minimum absolute atomic E-state index is 0. The van der Waals surface area contributed by atoms with E-state index in [0.717, 1.165) is 55.7 Å². The molecule has 0 radical (unpaired) electrons. The van der Waals surface area contributed by atoms with Gasteiger partial charge >= 0.3 is 0 Å². The molecule has 1 saturated carbocycles. The standard InChI is InChI=1S/C18H26N2O3.ClH/c1-22-15-9-13-5-8-20(11-14(13)10-16(15)23-2)17(21)18(12-19)6-3-4-7-18;/h9-10H,3-8,11-12,19H2,1-2H3;1H. The summed E-state index contributed by atoms with van der Waals surface area (Å²) in [5.74, 6) is 1.70. The van der Waals surface area contributed by atoms with Crippen LogP contribution < -0.4 is 15.2 Å². The lowest BCUT2D eigenvalue weighted by Crippen LogP contribution is -2.48. The van der Waals surface area contributed by atoms with Gasteiger partial charge in [-0.25, -0.2) is 0 Å². The lowest BCUT2D eigenvalue weighted by molar-refractivity contribution is -0.142. The Kier molecular flexibility index (Phi) is 5.99. The number of nitrogens with zero attached hydrogens (tertiary/aromatic N) is 1. The van der Waals surface area contributed by atoms with Crippen molar-refractivity contribution in [2.45, 2.75) is 38.6 Å². The number of halogens is 1. The number of hydrogen-bond acceptors (Lipinski definition) is 4. The first-order chi connectivity index (χ1) is 11.1. The summed E-state index contributed by atoms with van der Waals surface area (Å²) in [5, 5.41) is 0. The maximum absolute atomic E-state index is 13.0. The Morgan fingerprint density at radius 1 is 1.17 bits per heavy atom. The van der Waals surface area contributed by atoms with Crippen LogP contribution in [0.4, 0.5) is 0 Å². The van der Waals surface area contributed by atoms with Crippen LogP contribution >= 0.6 is 12.4 Å². The summed E-state index contributed by atoms with van der Waals surface area (Å²) in [6.45, 7) is 1.85. The highest BCUT2D eigenvalue weighted by Gasteiger charge is 2.42. The zero-order valence-corrected chi connectivity index (χ0v) is 15.3. The molecule has 5 nitrogen and oxygen atoms in total. The molecule has 2 N–H and O–H groups in total. The number of carbonyl (C=O) groups excluding carboxylic acids is 1. The molecule has 0 unspecified atom stereocenters. The third kappa shape index (κ3) is 3.20. The molecule has 3 rings (SSSR count). The molecule has 2 aliphatic rings. The zero-order valence-electron chi connectivity index (χ0n) is 14.5. The van der Waals surface area contributed by atoms with Crippen LogP contribution in [-0.2, 0) is 17.8 Å². The van der Waals surface area contributed by atoms with Gasteiger partial charge in [-0.05, 0) is 42.5 Å². The van der Waals surface area contributed by atoms with Gasteiger partial charge in [0, 0.05) is 19.6 Å². The molecule has 1 heterocycles. The third-order valence-corrected chi connectivity index (χ3v) is 5.41. The monoisotopic (exact) mass is 354 g/mol. The van der Waals surface area contributed by atoms with Crippen molar-refractivity contribution in [1.29, 1.82) is 0 Å². The molecule has 0 spiro atoms. The fourth-order valence-electron chi connectivity index (χ4n) is 3.95. The van der Waals surface area contributed by atoms with E-state index in [1.165, 1.54) is 5.56 Å². The molecule has 0 atom stereocenters. The summed E-state index contributed by atoms with van der Waals surface area (Å²) in [5.41, 5.74) is 8.03. The predicted octanol–water partition coefficient (Wildman–Crippen LogP) is 2.53. The second-order valence-corrected chi connectivity index (χ2v) is 6.64. The predicted molar refractivity (Wildman–Crippen MR) is 95.9 cm³/mol. The van der Waals surface area contributed by atoms with Gasteiger partial charge in [0.25, 0.3) is 0 Å². The van der Waals surface area contributed by atoms with Crippen molar-refractivity contribution in [3.63, 3.8) is 0 Å². The van der Waals surface area contributed by atoms with Crippen LogP contribution in [0.3, 0.4) is 0 Å². The van der Waals surface area contributed by atoms with Crippen molar-refractivity contribution in [1.82, 2.24) is 4.90 Å². The van der Waals surface area contributed by atoms with E-state index in [4.69, 9.17) is 15.2 Å². The Hall–Kier alpha value is -1.46. The van der Waals surface area contributed by atoms with Gasteiger partial charge in [-0.1, -0.05) is 12.8 Å². The molecule has 0 aromatic heterocycles. The van der Waals surface area contributed by atoms with Gasteiger partial charge in [0.1, 0.15) is 0 Å². The fourth-order valence-corrected chi connectivity index (χ4v) is 3.95. The van der Waals surface area contributed by atoms with E-state index in [9.17, 15) is 4.79 Å². The minimum atomic E-state index is -0.325. The lowest BCUT2D eigenvalue weighted by Gasteiger charge is -2.36. The Morgan fingerprint density at radius 2 is 1.75 bits per heavy atom. The molecule has 24 heavy (non-hydrogen) atoms. The first-order valence-corrected chi connectivity index (χ1v) is 8.37. The molecular formula is C18H27ClN2O3. The van der Waals surface area contributed by atoms with Gasteiger partial charge in [-0.15, -0.1) is 12.4 Å². The molecule has 134 valence electrons. The molecule has 0 saturated heterocycles. The normalized spacial score (nSPS) is 18.5. The highest BCUT2D eigenvalue weighted by molar-refractivity contribution is 5.85. The quantitative estimate of drug-likeness (QED) is 0.902. The van der Waals surface area contributed by atoms with E-state index in [2.05, 4.69) is 0 Å². The Balaban J connectivity index is 0.00000208. The second-order valence-electron chi connectivity index (χ2n) is 6.64. The molecule has 1 amide bonds. The van der Waals surface area contributed by atoms with E-state index in [-0.39, 0.29) is 23.7 Å². The Labute approximate surface area is 149 Å². The van der Waals surface area contributed by atoms with Crippen molar-refractivity contribution >= 4 is 18.3 Å². The first-order valence-electron chi connectivity index (χ1n) is 8.37. The topological polar surface area (TPSA) is 64.8 Å².